The highest BCUT2D eigenvalue weighted by Gasteiger charge is 2.44. The molecule has 0 radical (unpaired) electrons. The molecule has 7 heteroatoms. The molecule has 0 N–H and O–H groups in total. The highest BCUT2D eigenvalue weighted by molar-refractivity contribution is 7.89. The predicted molar refractivity (Wildman–Crippen MR) is 81.5 cm³/mol. The first-order valence-corrected chi connectivity index (χ1v) is 8.78. The van der Waals surface area contributed by atoms with Crippen molar-refractivity contribution in [2.45, 2.75) is 23.9 Å². The van der Waals surface area contributed by atoms with Crippen LogP contribution in [0.25, 0.3) is 10.8 Å². The van der Waals surface area contributed by atoms with E-state index in [-0.39, 0.29) is 24.3 Å². The first-order chi connectivity index (χ1) is 10.8. The molecular weight excluding hydrogens is 327 g/mol. The summed E-state index contributed by atoms with van der Waals surface area (Å²) in [6, 6.07) is 11.9. The highest BCUT2D eigenvalue weighted by atomic mass is 32.2. The maximum atomic E-state index is 12.9. The van der Waals surface area contributed by atoms with Crippen molar-refractivity contribution >= 4 is 20.8 Å². The first kappa shape index (κ1) is 16.3. The van der Waals surface area contributed by atoms with Crippen LogP contribution in [0.1, 0.15) is 12.8 Å². The number of rotatable bonds is 2. The molecule has 3 nitrogen and oxygen atoms in total. The largest absolute Gasteiger partial charge is 0.393 e. The number of nitrogens with zero attached hydrogens (tertiary/aromatic N) is 1. The zero-order chi connectivity index (χ0) is 16.7. The molecule has 0 aliphatic carbocycles. The minimum atomic E-state index is -4.36. The van der Waals surface area contributed by atoms with Gasteiger partial charge < -0.3 is 0 Å². The quantitative estimate of drug-likeness (QED) is 0.832. The standard InChI is InChI=1S/C16H16F3NO2S/c17-16(18,19)14-6-3-9-20(11-14)23(21,22)15-8-7-12-4-1-2-5-13(12)10-15/h1-2,4-5,7-8,10,14H,3,6,9,11H2/t14-/m1/s1. The van der Waals surface area contributed by atoms with E-state index in [0.717, 1.165) is 15.1 Å². The smallest absolute Gasteiger partial charge is 0.207 e. The summed E-state index contributed by atoms with van der Waals surface area (Å²) in [6.07, 6.45) is -4.16. The number of hydrogen-bond donors (Lipinski definition) is 0. The van der Waals surface area contributed by atoms with Crippen LogP contribution in [0.15, 0.2) is 47.4 Å². The van der Waals surface area contributed by atoms with E-state index >= 15 is 0 Å². The minimum absolute atomic E-state index is 0.0206. The van der Waals surface area contributed by atoms with E-state index in [9.17, 15) is 21.6 Å². The lowest BCUT2D eigenvalue weighted by Crippen LogP contribution is -2.44. The summed E-state index contributed by atoms with van der Waals surface area (Å²) in [6.45, 7) is -0.375. The number of halogens is 3. The van der Waals surface area contributed by atoms with Gasteiger partial charge in [-0.05, 0) is 35.7 Å². The van der Waals surface area contributed by atoms with Gasteiger partial charge in [0.15, 0.2) is 0 Å². The normalized spacial score (nSPS) is 20.7. The maximum Gasteiger partial charge on any atom is 0.393 e. The number of hydrogen-bond acceptors (Lipinski definition) is 2. The van der Waals surface area contributed by atoms with Crippen LogP contribution in [0.3, 0.4) is 0 Å². The van der Waals surface area contributed by atoms with Crippen molar-refractivity contribution < 1.29 is 21.6 Å². The zero-order valence-corrected chi connectivity index (χ0v) is 13.1. The zero-order valence-electron chi connectivity index (χ0n) is 12.3. The van der Waals surface area contributed by atoms with Gasteiger partial charge in [0.1, 0.15) is 0 Å². The van der Waals surface area contributed by atoms with Crippen LogP contribution < -0.4 is 0 Å². The fraction of sp³-hybridized carbons (Fsp3) is 0.375. The van der Waals surface area contributed by atoms with E-state index in [2.05, 4.69) is 0 Å². The summed E-state index contributed by atoms with van der Waals surface area (Å²) in [4.78, 5) is 0.0408. The minimum Gasteiger partial charge on any atom is -0.207 e. The molecular formula is C16H16F3NO2S. The van der Waals surface area contributed by atoms with Crippen LogP contribution in [0, 0.1) is 5.92 Å². The van der Waals surface area contributed by atoms with Gasteiger partial charge in [-0.3, -0.25) is 0 Å². The lowest BCUT2D eigenvalue weighted by Gasteiger charge is -2.32. The number of sulfonamides is 1. The third-order valence-corrected chi connectivity index (χ3v) is 6.07. The topological polar surface area (TPSA) is 37.4 Å². The van der Waals surface area contributed by atoms with E-state index in [1.165, 1.54) is 12.1 Å². The molecule has 1 heterocycles. The fourth-order valence-electron chi connectivity index (χ4n) is 2.90. The van der Waals surface area contributed by atoms with Crippen LogP contribution in [-0.2, 0) is 10.0 Å². The van der Waals surface area contributed by atoms with Crippen LogP contribution in [-0.4, -0.2) is 32.0 Å². The Labute approximate surface area is 132 Å². The van der Waals surface area contributed by atoms with Crippen LogP contribution in [0.4, 0.5) is 13.2 Å². The Bertz CT molecular complexity index is 817. The molecule has 0 saturated carbocycles. The average Bonchev–Trinajstić information content (AvgIpc) is 2.53. The molecule has 1 fully saturated rings. The molecule has 2 aromatic rings. The van der Waals surface area contributed by atoms with Crippen molar-refractivity contribution in [1.82, 2.24) is 4.31 Å². The van der Waals surface area contributed by atoms with Crippen LogP contribution >= 0.6 is 0 Å². The summed E-state index contributed by atoms with van der Waals surface area (Å²) in [7, 11) is -3.91. The molecule has 2 aromatic carbocycles. The van der Waals surface area contributed by atoms with E-state index in [4.69, 9.17) is 0 Å². The molecule has 1 atom stereocenters. The predicted octanol–water partition coefficient (Wildman–Crippen LogP) is 3.80. The third kappa shape index (κ3) is 3.21. The summed E-state index contributed by atoms with van der Waals surface area (Å²) in [5.41, 5.74) is 0. The van der Waals surface area contributed by atoms with Gasteiger partial charge in [0, 0.05) is 13.1 Å². The molecule has 23 heavy (non-hydrogen) atoms. The Morgan fingerprint density at radius 3 is 2.43 bits per heavy atom. The van der Waals surface area contributed by atoms with Crippen molar-refractivity contribution in [3.63, 3.8) is 0 Å². The van der Waals surface area contributed by atoms with Crippen molar-refractivity contribution in [2.75, 3.05) is 13.1 Å². The van der Waals surface area contributed by atoms with Crippen LogP contribution in [0.2, 0.25) is 0 Å². The van der Waals surface area contributed by atoms with Crippen molar-refractivity contribution in [1.29, 1.82) is 0 Å². The van der Waals surface area contributed by atoms with E-state index in [1.807, 2.05) is 12.1 Å². The maximum absolute atomic E-state index is 12.9. The van der Waals surface area contributed by atoms with E-state index in [1.54, 1.807) is 18.2 Å². The number of fused-ring (bicyclic) bond motifs is 1. The van der Waals surface area contributed by atoms with E-state index < -0.39 is 28.7 Å². The average molecular weight is 343 g/mol. The molecule has 124 valence electrons. The summed E-state index contributed by atoms with van der Waals surface area (Å²) in [5.74, 6) is -1.59. The molecule has 0 spiro atoms. The Morgan fingerprint density at radius 1 is 1.04 bits per heavy atom. The molecule has 0 amide bonds. The molecule has 3 rings (SSSR count). The fourth-order valence-corrected chi connectivity index (χ4v) is 4.46. The van der Waals surface area contributed by atoms with Crippen molar-refractivity contribution in [2.24, 2.45) is 5.92 Å². The molecule has 0 bridgehead atoms. The molecule has 1 aliphatic rings. The molecule has 0 unspecified atom stereocenters. The summed E-state index contributed by atoms with van der Waals surface area (Å²) < 4.78 is 65.0. The van der Waals surface area contributed by atoms with Crippen molar-refractivity contribution in [3.05, 3.63) is 42.5 Å². The Morgan fingerprint density at radius 2 is 1.74 bits per heavy atom. The number of piperidine rings is 1. The number of alkyl halides is 3. The highest BCUT2D eigenvalue weighted by Crippen LogP contribution is 2.35. The SMILES string of the molecule is O=S(=O)(c1ccc2ccccc2c1)N1CCC[C@@H](C(F)(F)F)C1. The Balaban J connectivity index is 1.93. The van der Waals surface area contributed by atoms with Gasteiger partial charge in [0.05, 0.1) is 10.8 Å². The van der Waals surface area contributed by atoms with Gasteiger partial charge >= 0.3 is 6.18 Å². The molecule has 1 aliphatic heterocycles. The monoisotopic (exact) mass is 343 g/mol. The van der Waals surface area contributed by atoms with Gasteiger partial charge in [-0.15, -0.1) is 0 Å². The van der Waals surface area contributed by atoms with Gasteiger partial charge in [-0.2, -0.15) is 17.5 Å². The van der Waals surface area contributed by atoms with Gasteiger partial charge in [-0.1, -0.05) is 30.3 Å². The van der Waals surface area contributed by atoms with E-state index in [0.29, 0.717) is 0 Å². The van der Waals surface area contributed by atoms with Crippen molar-refractivity contribution in [3.8, 4) is 0 Å². The second-order valence-electron chi connectivity index (χ2n) is 5.75. The lowest BCUT2D eigenvalue weighted by molar-refractivity contribution is -0.182. The summed E-state index contributed by atoms with van der Waals surface area (Å²) in [5, 5.41) is 1.64. The second kappa shape index (κ2) is 5.79. The second-order valence-corrected chi connectivity index (χ2v) is 7.69. The Kier molecular flexibility index (Phi) is 4.10. The summed E-state index contributed by atoms with van der Waals surface area (Å²) >= 11 is 0. The third-order valence-electron chi connectivity index (χ3n) is 4.21. The number of benzene rings is 2. The van der Waals surface area contributed by atoms with Crippen LogP contribution in [0.5, 0.6) is 0 Å². The molecule has 1 saturated heterocycles. The Hall–Kier alpha value is -1.60. The lowest BCUT2D eigenvalue weighted by atomic mass is 9.99. The molecule has 0 aromatic heterocycles. The van der Waals surface area contributed by atoms with Gasteiger partial charge in [-0.25, -0.2) is 8.42 Å². The van der Waals surface area contributed by atoms with Gasteiger partial charge in [0.2, 0.25) is 10.0 Å². The van der Waals surface area contributed by atoms with Gasteiger partial charge in [0.25, 0.3) is 0 Å². The first-order valence-electron chi connectivity index (χ1n) is 7.34.